The van der Waals surface area contributed by atoms with E-state index < -0.39 is 0 Å². The number of nitrogens with zero attached hydrogens (tertiary/aromatic N) is 1. The molecular formula is C24H23NO. The molecule has 0 N–H and O–H groups in total. The third-order valence-electron chi connectivity index (χ3n) is 5.23. The minimum absolute atomic E-state index is 0.232. The van der Waals surface area contributed by atoms with E-state index >= 15 is 0 Å². The average Bonchev–Trinajstić information content (AvgIpc) is 3.20. The highest BCUT2D eigenvalue weighted by molar-refractivity contribution is 5.79. The molecule has 0 aliphatic carbocycles. The summed E-state index contributed by atoms with van der Waals surface area (Å²) in [5, 5.41) is 0. The molecule has 1 aliphatic heterocycles. The molecule has 2 heteroatoms. The molecule has 1 atom stereocenters. The summed E-state index contributed by atoms with van der Waals surface area (Å²) in [5.41, 5.74) is 4.82. The zero-order valence-electron chi connectivity index (χ0n) is 14.8. The van der Waals surface area contributed by atoms with E-state index in [1.54, 1.807) is 0 Å². The zero-order chi connectivity index (χ0) is 17.8. The summed E-state index contributed by atoms with van der Waals surface area (Å²) in [6.07, 6.45) is 1.54. The van der Waals surface area contributed by atoms with Crippen molar-refractivity contribution in [3.63, 3.8) is 0 Å². The van der Waals surface area contributed by atoms with Crippen molar-refractivity contribution >= 4 is 5.91 Å². The molecule has 3 aromatic carbocycles. The van der Waals surface area contributed by atoms with Crippen LogP contribution in [0.1, 0.15) is 23.5 Å². The van der Waals surface area contributed by atoms with E-state index in [0.29, 0.717) is 12.3 Å². The van der Waals surface area contributed by atoms with E-state index in [9.17, 15) is 4.79 Å². The van der Waals surface area contributed by atoms with Crippen molar-refractivity contribution in [2.75, 3.05) is 13.1 Å². The third kappa shape index (κ3) is 3.70. The molecule has 1 fully saturated rings. The van der Waals surface area contributed by atoms with Crippen LogP contribution in [0.5, 0.6) is 0 Å². The molecule has 1 amide bonds. The minimum atomic E-state index is 0.232. The van der Waals surface area contributed by atoms with E-state index in [4.69, 9.17) is 0 Å². The van der Waals surface area contributed by atoms with Crippen molar-refractivity contribution in [2.24, 2.45) is 0 Å². The Morgan fingerprint density at radius 2 is 1.42 bits per heavy atom. The maximum absolute atomic E-state index is 12.7. The predicted molar refractivity (Wildman–Crippen MR) is 106 cm³/mol. The van der Waals surface area contributed by atoms with Gasteiger partial charge in [-0.1, -0.05) is 84.9 Å². The van der Waals surface area contributed by atoms with Crippen molar-refractivity contribution in [1.82, 2.24) is 4.90 Å². The lowest BCUT2D eigenvalue weighted by Crippen LogP contribution is -2.29. The van der Waals surface area contributed by atoms with Crippen LogP contribution in [0, 0.1) is 0 Å². The SMILES string of the molecule is O=C(Cc1ccc(-c2ccccc2)cc1)N1CCC(c2ccccc2)C1. The molecule has 0 bridgehead atoms. The standard InChI is InChI=1S/C24H23NO/c26-24(25-16-15-23(18-25)21-9-5-2-6-10-21)17-19-11-13-22(14-12-19)20-7-3-1-4-8-20/h1-14,23H,15-18H2. The van der Waals surface area contributed by atoms with Crippen LogP contribution in [0.3, 0.4) is 0 Å². The van der Waals surface area contributed by atoms with Crippen LogP contribution >= 0.6 is 0 Å². The summed E-state index contributed by atoms with van der Waals surface area (Å²) in [6.45, 7) is 1.70. The quantitative estimate of drug-likeness (QED) is 0.660. The summed E-state index contributed by atoms with van der Waals surface area (Å²) in [5.74, 6) is 0.705. The number of benzene rings is 3. The number of hydrogen-bond donors (Lipinski definition) is 0. The summed E-state index contributed by atoms with van der Waals surface area (Å²) in [4.78, 5) is 14.7. The molecule has 1 saturated heterocycles. The lowest BCUT2D eigenvalue weighted by atomic mass is 9.99. The highest BCUT2D eigenvalue weighted by atomic mass is 16.2. The zero-order valence-corrected chi connectivity index (χ0v) is 14.8. The molecule has 1 aliphatic rings. The summed E-state index contributed by atoms with van der Waals surface area (Å²) < 4.78 is 0. The van der Waals surface area contributed by atoms with E-state index in [2.05, 4.69) is 60.7 Å². The molecular weight excluding hydrogens is 318 g/mol. The summed E-state index contributed by atoms with van der Waals surface area (Å²) in [7, 11) is 0. The Kier molecular flexibility index (Phi) is 4.83. The van der Waals surface area contributed by atoms with Gasteiger partial charge in [-0.25, -0.2) is 0 Å². The number of rotatable bonds is 4. The van der Waals surface area contributed by atoms with E-state index in [1.807, 2.05) is 29.2 Å². The molecule has 0 aromatic heterocycles. The van der Waals surface area contributed by atoms with Gasteiger partial charge in [-0.2, -0.15) is 0 Å². The molecule has 2 nitrogen and oxygen atoms in total. The van der Waals surface area contributed by atoms with Gasteiger partial charge in [-0.15, -0.1) is 0 Å². The Morgan fingerprint density at radius 1 is 0.808 bits per heavy atom. The van der Waals surface area contributed by atoms with Gasteiger partial charge in [0, 0.05) is 19.0 Å². The number of hydrogen-bond acceptors (Lipinski definition) is 1. The molecule has 130 valence electrons. The van der Waals surface area contributed by atoms with Crippen molar-refractivity contribution in [3.8, 4) is 11.1 Å². The number of likely N-dealkylation sites (tertiary alicyclic amines) is 1. The highest BCUT2D eigenvalue weighted by Gasteiger charge is 2.26. The lowest BCUT2D eigenvalue weighted by molar-refractivity contribution is -0.129. The van der Waals surface area contributed by atoms with Gasteiger partial charge in [0.25, 0.3) is 0 Å². The number of carbonyl (C=O) groups is 1. The van der Waals surface area contributed by atoms with Crippen LogP contribution in [0.2, 0.25) is 0 Å². The van der Waals surface area contributed by atoms with Gasteiger partial charge in [0.15, 0.2) is 0 Å². The summed E-state index contributed by atoms with van der Waals surface area (Å²) >= 11 is 0. The molecule has 1 heterocycles. The average molecular weight is 341 g/mol. The Morgan fingerprint density at radius 3 is 2.12 bits per heavy atom. The lowest BCUT2D eigenvalue weighted by Gasteiger charge is -2.17. The van der Waals surface area contributed by atoms with Crippen molar-refractivity contribution in [1.29, 1.82) is 0 Å². The van der Waals surface area contributed by atoms with Crippen LogP contribution in [-0.4, -0.2) is 23.9 Å². The third-order valence-corrected chi connectivity index (χ3v) is 5.23. The summed E-state index contributed by atoms with van der Waals surface area (Å²) in [6, 6.07) is 29.2. The molecule has 1 unspecified atom stereocenters. The van der Waals surface area contributed by atoms with Gasteiger partial charge in [-0.05, 0) is 28.7 Å². The van der Waals surface area contributed by atoms with Crippen molar-refractivity contribution in [2.45, 2.75) is 18.8 Å². The first-order valence-electron chi connectivity index (χ1n) is 9.27. The normalized spacial score (nSPS) is 16.6. The maximum Gasteiger partial charge on any atom is 0.227 e. The Hall–Kier alpha value is -2.87. The Labute approximate surface area is 155 Å². The fraction of sp³-hybridized carbons (Fsp3) is 0.208. The molecule has 3 aromatic rings. The topological polar surface area (TPSA) is 20.3 Å². The van der Waals surface area contributed by atoms with Crippen LogP contribution < -0.4 is 0 Å². The molecule has 0 radical (unpaired) electrons. The van der Waals surface area contributed by atoms with Crippen LogP contribution in [0.4, 0.5) is 0 Å². The number of amides is 1. The van der Waals surface area contributed by atoms with Gasteiger partial charge >= 0.3 is 0 Å². The van der Waals surface area contributed by atoms with Crippen molar-refractivity contribution < 1.29 is 4.79 Å². The van der Waals surface area contributed by atoms with Gasteiger partial charge in [0.05, 0.1) is 6.42 Å². The molecule has 4 rings (SSSR count). The molecule has 26 heavy (non-hydrogen) atoms. The monoisotopic (exact) mass is 341 g/mol. The fourth-order valence-corrected chi connectivity index (χ4v) is 3.72. The van der Waals surface area contributed by atoms with E-state index in [1.165, 1.54) is 16.7 Å². The Bertz CT molecular complexity index is 856. The van der Waals surface area contributed by atoms with Crippen molar-refractivity contribution in [3.05, 3.63) is 96.1 Å². The first kappa shape index (κ1) is 16.6. The minimum Gasteiger partial charge on any atom is -0.342 e. The maximum atomic E-state index is 12.7. The molecule has 0 spiro atoms. The van der Waals surface area contributed by atoms with Crippen LogP contribution in [0.15, 0.2) is 84.9 Å². The molecule has 0 saturated carbocycles. The second-order valence-corrected chi connectivity index (χ2v) is 6.98. The Balaban J connectivity index is 1.38. The first-order valence-corrected chi connectivity index (χ1v) is 9.27. The highest BCUT2D eigenvalue weighted by Crippen LogP contribution is 2.27. The fourth-order valence-electron chi connectivity index (χ4n) is 3.72. The number of carbonyl (C=O) groups excluding carboxylic acids is 1. The predicted octanol–water partition coefficient (Wildman–Crippen LogP) is 4.91. The van der Waals surface area contributed by atoms with Crippen LogP contribution in [0.25, 0.3) is 11.1 Å². The smallest absolute Gasteiger partial charge is 0.227 e. The van der Waals surface area contributed by atoms with Gasteiger partial charge in [-0.3, -0.25) is 4.79 Å². The van der Waals surface area contributed by atoms with Gasteiger partial charge < -0.3 is 4.90 Å². The van der Waals surface area contributed by atoms with E-state index in [-0.39, 0.29) is 5.91 Å². The second kappa shape index (κ2) is 7.57. The van der Waals surface area contributed by atoms with Crippen LogP contribution in [-0.2, 0) is 11.2 Å². The second-order valence-electron chi connectivity index (χ2n) is 6.98. The van der Waals surface area contributed by atoms with Gasteiger partial charge in [0.1, 0.15) is 0 Å². The van der Waals surface area contributed by atoms with E-state index in [0.717, 1.165) is 25.1 Å². The largest absolute Gasteiger partial charge is 0.342 e. The first-order chi connectivity index (χ1) is 12.8. The van der Waals surface area contributed by atoms with Gasteiger partial charge in [0.2, 0.25) is 5.91 Å².